The van der Waals surface area contributed by atoms with E-state index in [0.717, 1.165) is 12.8 Å². The van der Waals surface area contributed by atoms with Gasteiger partial charge in [-0.05, 0) is 43.5 Å². The zero-order valence-corrected chi connectivity index (χ0v) is 15.5. The molecular formula is C20H19N3O6. The second-order valence-electron chi connectivity index (χ2n) is 6.88. The fourth-order valence-corrected chi connectivity index (χ4v) is 3.08. The topological polar surface area (TPSA) is 117 Å². The van der Waals surface area contributed by atoms with Gasteiger partial charge in [0.2, 0.25) is 0 Å². The van der Waals surface area contributed by atoms with Gasteiger partial charge in [-0.15, -0.1) is 0 Å². The summed E-state index contributed by atoms with van der Waals surface area (Å²) in [5.74, 6) is -1.11. The molecule has 1 N–H and O–H groups in total. The number of ether oxygens (including phenoxy) is 1. The van der Waals surface area contributed by atoms with Gasteiger partial charge in [-0.3, -0.25) is 14.7 Å². The Balaban J connectivity index is 1.37. The van der Waals surface area contributed by atoms with Gasteiger partial charge in [0.1, 0.15) is 5.69 Å². The Bertz CT molecular complexity index is 1130. The van der Waals surface area contributed by atoms with Gasteiger partial charge in [-0.1, -0.05) is 12.1 Å². The smallest absolute Gasteiger partial charge is 0.419 e. The fourth-order valence-electron chi connectivity index (χ4n) is 3.08. The van der Waals surface area contributed by atoms with Crippen molar-refractivity contribution in [3.8, 4) is 0 Å². The van der Waals surface area contributed by atoms with Gasteiger partial charge in [-0.2, -0.15) is 0 Å². The van der Waals surface area contributed by atoms with Crippen molar-refractivity contribution in [1.29, 1.82) is 0 Å². The number of aromatic nitrogens is 1. The summed E-state index contributed by atoms with van der Waals surface area (Å²) >= 11 is 0. The first kappa shape index (κ1) is 18.7. The minimum absolute atomic E-state index is 0.0701. The van der Waals surface area contributed by atoms with Crippen LogP contribution in [0.15, 0.2) is 51.7 Å². The first-order valence-electron chi connectivity index (χ1n) is 9.33. The number of aryl methyl sites for hydroxylation is 1. The van der Waals surface area contributed by atoms with Gasteiger partial charge in [0, 0.05) is 18.7 Å². The van der Waals surface area contributed by atoms with E-state index in [1.807, 2.05) is 6.07 Å². The number of nitro groups is 1. The van der Waals surface area contributed by atoms with Gasteiger partial charge in [-0.25, -0.2) is 9.59 Å². The average molecular weight is 397 g/mol. The molecule has 1 saturated carbocycles. The molecule has 2 aromatic carbocycles. The van der Waals surface area contributed by atoms with E-state index >= 15 is 0 Å². The Labute approximate surface area is 165 Å². The Morgan fingerprint density at radius 2 is 2.07 bits per heavy atom. The Morgan fingerprint density at radius 1 is 1.28 bits per heavy atom. The zero-order chi connectivity index (χ0) is 20.4. The van der Waals surface area contributed by atoms with Gasteiger partial charge < -0.3 is 14.5 Å². The number of nitro benzene ring substituents is 1. The van der Waals surface area contributed by atoms with Gasteiger partial charge in [0.25, 0.3) is 5.69 Å². The van der Waals surface area contributed by atoms with Gasteiger partial charge in [0.15, 0.2) is 5.58 Å². The minimum Gasteiger partial charge on any atom is -0.462 e. The second-order valence-corrected chi connectivity index (χ2v) is 6.88. The molecule has 150 valence electrons. The lowest BCUT2D eigenvalue weighted by Crippen LogP contribution is -2.16. The summed E-state index contributed by atoms with van der Waals surface area (Å²) in [6, 6.07) is 11.6. The fraction of sp³-hybridized carbons (Fsp3) is 0.300. The van der Waals surface area contributed by atoms with Crippen molar-refractivity contribution in [3.63, 3.8) is 0 Å². The number of anilines is 1. The predicted molar refractivity (Wildman–Crippen MR) is 105 cm³/mol. The molecule has 0 spiro atoms. The summed E-state index contributed by atoms with van der Waals surface area (Å²) in [6.45, 7) is 0.397. The Morgan fingerprint density at radius 3 is 2.83 bits per heavy atom. The summed E-state index contributed by atoms with van der Waals surface area (Å²) in [6.07, 6.45) is 2.37. The molecule has 1 aliphatic carbocycles. The quantitative estimate of drug-likeness (QED) is 0.268. The first-order chi connectivity index (χ1) is 14.0. The molecule has 9 heteroatoms. The van der Waals surface area contributed by atoms with Crippen LogP contribution in [0, 0.1) is 10.1 Å². The maximum absolute atomic E-state index is 12.3. The highest BCUT2D eigenvalue weighted by atomic mass is 16.6. The first-order valence-corrected chi connectivity index (χ1v) is 9.33. The molecule has 0 amide bonds. The van der Waals surface area contributed by atoms with Crippen molar-refractivity contribution in [3.05, 3.63) is 68.7 Å². The Kier molecular flexibility index (Phi) is 5.03. The lowest BCUT2D eigenvalue weighted by Gasteiger charge is -2.08. The molecule has 1 aliphatic rings. The van der Waals surface area contributed by atoms with Crippen LogP contribution in [0.1, 0.15) is 29.6 Å². The van der Waals surface area contributed by atoms with E-state index in [-0.39, 0.29) is 23.9 Å². The van der Waals surface area contributed by atoms with Crippen molar-refractivity contribution in [2.45, 2.75) is 31.8 Å². The van der Waals surface area contributed by atoms with Crippen molar-refractivity contribution < 1.29 is 18.9 Å². The van der Waals surface area contributed by atoms with Crippen molar-refractivity contribution >= 4 is 28.4 Å². The summed E-state index contributed by atoms with van der Waals surface area (Å²) in [4.78, 5) is 35.0. The van der Waals surface area contributed by atoms with Crippen LogP contribution in [-0.2, 0) is 11.3 Å². The molecule has 3 aromatic rings. The molecule has 9 nitrogen and oxygen atoms in total. The number of carbonyl (C=O) groups excluding carboxylic acids is 1. The monoisotopic (exact) mass is 397 g/mol. The SMILES string of the molecule is O=C(OCCCn1c(=O)oc2ccccc21)c1ccc(NC2CC2)c([N+](=O)[O-])c1. The van der Waals surface area contributed by atoms with Crippen LogP contribution in [-0.4, -0.2) is 28.1 Å². The van der Waals surface area contributed by atoms with E-state index in [9.17, 15) is 19.7 Å². The Hall–Kier alpha value is -3.62. The number of benzene rings is 2. The number of carbonyl (C=O) groups is 1. The number of hydrogen-bond acceptors (Lipinski definition) is 7. The number of rotatable bonds is 8. The number of para-hydroxylation sites is 2. The number of fused-ring (bicyclic) bond motifs is 1. The highest BCUT2D eigenvalue weighted by molar-refractivity contribution is 5.91. The van der Waals surface area contributed by atoms with E-state index < -0.39 is 16.6 Å². The molecule has 0 saturated heterocycles. The van der Waals surface area contributed by atoms with Crippen LogP contribution < -0.4 is 11.1 Å². The molecule has 1 aromatic heterocycles. The number of nitrogens with one attached hydrogen (secondary N) is 1. The largest absolute Gasteiger partial charge is 0.462 e. The zero-order valence-electron chi connectivity index (χ0n) is 15.5. The van der Waals surface area contributed by atoms with Crippen molar-refractivity contribution in [2.75, 3.05) is 11.9 Å². The van der Waals surface area contributed by atoms with E-state index in [1.165, 1.54) is 22.8 Å². The van der Waals surface area contributed by atoms with E-state index in [4.69, 9.17) is 9.15 Å². The van der Waals surface area contributed by atoms with Crippen LogP contribution in [0.5, 0.6) is 0 Å². The van der Waals surface area contributed by atoms with Crippen LogP contribution >= 0.6 is 0 Å². The normalized spacial score (nSPS) is 13.4. The molecule has 1 fully saturated rings. The molecule has 29 heavy (non-hydrogen) atoms. The van der Waals surface area contributed by atoms with Gasteiger partial charge >= 0.3 is 11.7 Å². The lowest BCUT2D eigenvalue weighted by atomic mass is 10.1. The van der Waals surface area contributed by atoms with Crippen LogP contribution in [0.25, 0.3) is 11.1 Å². The third-order valence-electron chi connectivity index (χ3n) is 4.70. The number of esters is 1. The highest BCUT2D eigenvalue weighted by Gasteiger charge is 2.25. The molecule has 1 heterocycles. The van der Waals surface area contributed by atoms with Crippen LogP contribution in [0.2, 0.25) is 0 Å². The number of nitrogens with zero attached hydrogens (tertiary/aromatic N) is 2. The third-order valence-corrected chi connectivity index (χ3v) is 4.70. The minimum atomic E-state index is -0.643. The molecule has 0 unspecified atom stereocenters. The van der Waals surface area contributed by atoms with E-state index in [0.29, 0.717) is 29.8 Å². The van der Waals surface area contributed by atoms with Crippen molar-refractivity contribution in [2.24, 2.45) is 0 Å². The average Bonchev–Trinajstić information content (AvgIpc) is 3.46. The molecule has 0 bridgehead atoms. The summed E-state index contributed by atoms with van der Waals surface area (Å²) < 4.78 is 11.9. The number of hydrogen-bond donors (Lipinski definition) is 1. The van der Waals surface area contributed by atoms with E-state index in [2.05, 4.69) is 5.32 Å². The van der Waals surface area contributed by atoms with E-state index in [1.54, 1.807) is 18.2 Å². The highest BCUT2D eigenvalue weighted by Crippen LogP contribution is 2.31. The predicted octanol–water partition coefficient (Wildman–Crippen LogP) is 3.32. The van der Waals surface area contributed by atoms with Crippen LogP contribution in [0.3, 0.4) is 0 Å². The third kappa shape index (κ3) is 4.13. The summed E-state index contributed by atoms with van der Waals surface area (Å²) in [5, 5.41) is 14.4. The molecule has 0 radical (unpaired) electrons. The number of oxazole rings is 1. The summed E-state index contributed by atoms with van der Waals surface area (Å²) in [7, 11) is 0. The van der Waals surface area contributed by atoms with Crippen molar-refractivity contribution in [1.82, 2.24) is 4.57 Å². The summed E-state index contributed by atoms with van der Waals surface area (Å²) in [5.41, 5.74) is 1.55. The maximum atomic E-state index is 12.3. The molecular weight excluding hydrogens is 378 g/mol. The molecule has 0 aliphatic heterocycles. The molecule has 0 atom stereocenters. The van der Waals surface area contributed by atoms with Crippen LogP contribution in [0.4, 0.5) is 11.4 Å². The maximum Gasteiger partial charge on any atom is 0.419 e. The van der Waals surface area contributed by atoms with Gasteiger partial charge in [0.05, 0.1) is 22.6 Å². The standard InChI is InChI=1S/C20H19N3O6/c24-19(13-6-9-15(21-14-7-8-14)17(12-13)23(26)27)28-11-3-10-22-16-4-1-2-5-18(16)29-20(22)25/h1-2,4-6,9,12,14,21H,3,7-8,10-11H2. The second kappa shape index (κ2) is 7.78. The molecule has 4 rings (SSSR count). The lowest BCUT2D eigenvalue weighted by molar-refractivity contribution is -0.384.